The molecule has 4 nitrogen and oxygen atoms in total. The fourth-order valence-electron chi connectivity index (χ4n) is 2.34. The van der Waals surface area contributed by atoms with E-state index in [2.05, 4.69) is 22.3 Å². The Labute approximate surface area is 118 Å². The summed E-state index contributed by atoms with van der Waals surface area (Å²) in [5.74, 6) is 0. The molecule has 5 heteroatoms. The van der Waals surface area contributed by atoms with E-state index in [4.69, 9.17) is 11.6 Å². The molecular formula is C14H19ClN4. The molecule has 1 N–H and O–H groups in total. The minimum Gasteiger partial charge on any atom is -0.313 e. The molecule has 0 aromatic carbocycles. The predicted octanol–water partition coefficient (Wildman–Crippen LogP) is 2.59. The molecule has 0 bridgehead atoms. The van der Waals surface area contributed by atoms with Crippen LogP contribution in [0.5, 0.6) is 0 Å². The van der Waals surface area contributed by atoms with Crippen molar-refractivity contribution in [1.29, 1.82) is 0 Å². The summed E-state index contributed by atoms with van der Waals surface area (Å²) < 4.78 is 1.86. The van der Waals surface area contributed by atoms with Gasteiger partial charge in [-0.15, -0.1) is 0 Å². The molecule has 0 saturated carbocycles. The van der Waals surface area contributed by atoms with Gasteiger partial charge in [-0.3, -0.25) is 9.67 Å². The van der Waals surface area contributed by atoms with Crippen molar-refractivity contribution in [3.05, 3.63) is 46.0 Å². The van der Waals surface area contributed by atoms with Crippen molar-refractivity contribution in [1.82, 2.24) is 20.1 Å². The molecule has 2 aromatic rings. The van der Waals surface area contributed by atoms with Crippen molar-refractivity contribution >= 4 is 11.6 Å². The van der Waals surface area contributed by atoms with Crippen molar-refractivity contribution in [3.8, 4) is 0 Å². The molecule has 0 aliphatic rings. The van der Waals surface area contributed by atoms with Crippen molar-refractivity contribution in [2.75, 3.05) is 7.05 Å². The Hall–Kier alpha value is -1.39. The van der Waals surface area contributed by atoms with Crippen LogP contribution in [0.25, 0.3) is 0 Å². The van der Waals surface area contributed by atoms with E-state index in [0.29, 0.717) is 0 Å². The van der Waals surface area contributed by atoms with Gasteiger partial charge in [-0.1, -0.05) is 11.6 Å². The highest BCUT2D eigenvalue weighted by Crippen LogP contribution is 2.26. The zero-order chi connectivity index (χ0) is 14.0. The molecule has 1 atom stereocenters. The number of pyridine rings is 1. The lowest BCUT2D eigenvalue weighted by atomic mass is 9.99. The van der Waals surface area contributed by atoms with E-state index < -0.39 is 0 Å². The molecule has 0 radical (unpaired) electrons. The van der Waals surface area contributed by atoms with Crippen LogP contribution in [0.4, 0.5) is 0 Å². The molecule has 1 unspecified atom stereocenters. The maximum atomic E-state index is 6.32. The van der Waals surface area contributed by atoms with Crippen LogP contribution in [0, 0.1) is 13.8 Å². The zero-order valence-electron chi connectivity index (χ0n) is 11.7. The van der Waals surface area contributed by atoms with Gasteiger partial charge in [0.2, 0.25) is 0 Å². The molecular weight excluding hydrogens is 260 g/mol. The second-order valence-corrected chi connectivity index (χ2v) is 5.13. The molecule has 102 valence electrons. The number of nitrogens with zero attached hydrogens (tertiary/aromatic N) is 3. The van der Waals surface area contributed by atoms with E-state index in [9.17, 15) is 0 Å². The fourth-order valence-corrected chi connectivity index (χ4v) is 2.58. The van der Waals surface area contributed by atoms with Crippen LogP contribution >= 0.6 is 11.6 Å². The van der Waals surface area contributed by atoms with E-state index in [1.165, 1.54) is 11.1 Å². The summed E-state index contributed by atoms with van der Waals surface area (Å²) in [6.45, 7) is 4.00. The smallest absolute Gasteiger partial charge is 0.0847 e. The molecule has 0 amide bonds. The molecule has 0 spiro atoms. The second-order valence-electron chi connectivity index (χ2n) is 4.75. The Balaban J connectivity index is 2.32. The number of rotatable bonds is 4. The summed E-state index contributed by atoms with van der Waals surface area (Å²) in [5.41, 5.74) is 4.35. The number of halogens is 1. The summed E-state index contributed by atoms with van der Waals surface area (Å²) in [6.07, 6.45) is 4.51. The van der Waals surface area contributed by atoms with Crippen LogP contribution in [0.2, 0.25) is 5.02 Å². The highest BCUT2D eigenvalue weighted by atomic mass is 35.5. The Morgan fingerprint density at radius 1 is 1.42 bits per heavy atom. The predicted molar refractivity (Wildman–Crippen MR) is 77.4 cm³/mol. The molecule has 0 saturated heterocycles. The molecule has 0 aliphatic carbocycles. The maximum Gasteiger partial charge on any atom is 0.0847 e. The monoisotopic (exact) mass is 278 g/mol. The van der Waals surface area contributed by atoms with E-state index in [0.717, 1.165) is 22.8 Å². The zero-order valence-corrected chi connectivity index (χ0v) is 12.5. The van der Waals surface area contributed by atoms with Crippen LogP contribution in [0.15, 0.2) is 18.5 Å². The van der Waals surface area contributed by atoms with Crippen LogP contribution < -0.4 is 5.32 Å². The first kappa shape index (κ1) is 14.0. The summed E-state index contributed by atoms with van der Waals surface area (Å²) in [4.78, 5) is 4.14. The molecule has 2 aromatic heterocycles. The summed E-state index contributed by atoms with van der Waals surface area (Å²) in [6, 6.07) is 2.25. The van der Waals surface area contributed by atoms with Crippen molar-refractivity contribution in [2.45, 2.75) is 26.3 Å². The second kappa shape index (κ2) is 5.72. The number of hydrogen-bond acceptors (Lipinski definition) is 3. The van der Waals surface area contributed by atoms with Gasteiger partial charge in [0.05, 0.1) is 16.4 Å². The third-order valence-corrected chi connectivity index (χ3v) is 3.94. The molecule has 19 heavy (non-hydrogen) atoms. The van der Waals surface area contributed by atoms with Crippen molar-refractivity contribution < 1.29 is 0 Å². The minimum absolute atomic E-state index is 0.204. The lowest BCUT2D eigenvalue weighted by Crippen LogP contribution is -2.21. The Morgan fingerprint density at radius 2 is 2.16 bits per heavy atom. The third-order valence-electron chi connectivity index (χ3n) is 3.45. The van der Waals surface area contributed by atoms with Gasteiger partial charge in [-0.05, 0) is 38.1 Å². The summed E-state index contributed by atoms with van der Waals surface area (Å²) >= 11 is 6.32. The Morgan fingerprint density at radius 3 is 2.68 bits per heavy atom. The quantitative estimate of drug-likeness (QED) is 0.935. The normalized spacial score (nSPS) is 12.7. The van der Waals surface area contributed by atoms with Crippen LogP contribution in [0.3, 0.4) is 0 Å². The molecule has 2 heterocycles. The standard InChI is InChI=1S/C14H19ClN4/c1-9-8-17-6-5-11(9)12(16-3)7-13-14(15)10(2)18-19(13)4/h5-6,8,12,16H,7H2,1-4H3. The summed E-state index contributed by atoms with van der Waals surface area (Å²) in [5, 5.41) is 8.46. The van der Waals surface area contributed by atoms with Gasteiger partial charge in [-0.25, -0.2) is 0 Å². The van der Waals surface area contributed by atoms with Gasteiger partial charge in [0, 0.05) is 31.9 Å². The van der Waals surface area contributed by atoms with E-state index in [1.54, 1.807) is 0 Å². The van der Waals surface area contributed by atoms with E-state index in [-0.39, 0.29) is 6.04 Å². The van der Waals surface area contributed by atoms with Gasteiger partial charge < -0.3 is 5.32 Å². The molecule has 0 fully saturated rings. The summed E-state index contributed by atoms with van der Waals surface area (Å²) in [7, 11) is 3.89. The lowest BCUT2D eigenvalue weighted by molar-refractivity contribution is 0.558. The first-order chi connectivity index (χ1) is 9.04. The number of hydrogen-bond donors (Lipinski definition) is 1. The van der Waals surface area contributed by atoms with Gasteiger partial charge in [0.15, 0.2) is 0 Å². The topological polar surface area (TPSA) is 42.7 Å². The van der Waals surface area contributed by atoms with E-state index in [1.807, 2.05) is 44.2 Å². The van der Waals surface area contributed by atoms with Gasteiger partial charge >= 0.3 is 0 Å². The SMILES string of the molecule is CNC(Cc1c(Cl)c(C)nn1C)c1ccncc1C. The van der Waals surface area contributed by atoms with Crippen LogP contribution in [-0.2, 0) is 13.5 Å². The lowest BCUT2D eigenvalue weighted by Gasteiger charge is -2.18. The number of nitrogens with one attached hydrogen (secondary N) is 1. The number of aromatic nitrogens is 3. The van der Waals surface area contributed by atoms with Gasteiger partial charge in [0.25, 0.3) is 0 Å². The third kappa shape index (κ3) is 2.80. The average molecular weight is 279 g/mol. The first-order valence-electron chi connectivity index (χ1n) is 6.30. The molecule has 2 rings (SSSR count). The molecule has 0 aliphatic heterocycles. The first-order valence-corrected chi connectivity index (χ1v) is 6.68. The highest BCUT2D eigenvalue weighted by molar-refractivity contribution is 6.31. The fraction of sp³-hybridized carbons (Fsp3) is 0.429. The van der Waals surface area contributed by atoms with Gasteiger partial charge in [0.1, 0.15) is 0 Å². The average Bonchev–Trinajstić information content (AvgIpc) is 2.63. The highest BCUT2D eigenvalue weighted by Gasteiger charge is 2.18. The van der Waals surface area contributed by atoms with Crippen molar-refractivity contribution in [3.63, 3.8) is 0 Å². The number of likely N-dealkylation sites (N-methyl/N-ethyl adjacent to an activating group) is 1. The number of aryl methyl sites for hydroxylation is 3. The largest absolute Gasteiger partial charge is 0.313 e. The Kier molecular flexibility index (Phi) is 4.22. The Bertz CT molecular complexity index is 577. The van der Waals surface area contributed by atoms with Gasteiger partial charge in [-0.2, -0.15) is 5.10 Å². The minimum atomic E-state index is 0.204. The van der Waals surface area contributed by atoms with Crippen LogP contribution in [-0.4, -0.2) is 21.8 Å². The van der Waals surface area contributed by atoms with Crippen LogP contribution in [0.1, 0.15) is 28.6 Å². The van der Waals surface area contributed by atoms with E-state index >= 15 is 0 Å². The van der Waals surface area contributed by atoms with Crippen molar-refractivity contribution in [2.24, 2.45) is 7.05 Å². The maximum absolute atomic E-state index is 6.32.